The lowest BCUT2D eigenvalue weighted by atomic mass is 10.0. The van der Waals surface area contributed by atoms with Crippen molar-refractivity contribution in [1.29, 1.82) is 0 Å². The molecule has 66 valence electrons. The van der Waals surface area contributed by atoms with E-state index in [4.69, 9.17) is 5.11 Å². The van der Waals surface area contributed by atoms with Crippen LogP contribution in [0.2, 0.25) is 0 Å². The van der Waals surface area contributed by atoms with E-state index in [2.05, 4.69) is 13.2 Å². The molecule has 0 aliphatic carbocycles. The Kier molecular flexibility index (Phi) is 4.77. The summed E-state index contributed by atoms with van der Waals surface area (Å²) in [6.45, 7) is 8.99. The van der Waals surface area contributed by atoms with Crippen molar-refractivity contribution in [3.8, 4) is 0 Å². The first-order valence-corrected chi connectivity index (χ1v) is 3.88. The van der Waals surface area contributed by atoms with Gasteiger partial charge in [-0.2, -0.15) is 0 Å². The third-order valence-electron chi connectivity index (χ3n) is 1.55. The van der Waals surface area contributed by atoms with Crippen molar-refractivity contribution < 1.29 is 9.90 Å². The maximum atomic E-state index is 10.7. The Balaban J connectivity index is 4.87. The fourth-order valence-electron chi connectivity index (χ4n) is 0.954. The largest absolute Gasteiger partial charge is 0.478 e. The van der Waals surface area contributed by atoms with Gasteiger partial charge in [0, 0.05) is 5.57 Å². The molecule has 0 aliphatic rings. The summed E-state index contributed by atoms with van der Waals surface area (Å²) in [7, 11) is 0. The van der Waals surface area contributed by atoms with Gasteiger partial charge in [-0.05, 0) is 12.0 Å². The Bertz CT molecular complexity index is 214. The molecule has 2 nitrogen and oxygen atoms in total. The SMILES string of the molecule is C=CC(C=C)=C(CCC)C(=O)O. The van der Waals surface area contributed by atoms with Gasteiger partial charge in [0.1, 0.15) is 0 Å². The molecule has 0 heterocycles. The van der Waals surface area contributed by atoms with Gasteiger partial charge in [0.2, 0.25) is 0 Å². The molecule has 0 amide bonds. The number of carboxylic acids is 1. The Hall–Kier alpha value is -1.31. The van der Waals surface area contributed by atoms with E-state index in [1.807, 2.05) is 6.92 Å². The fourth-order valence-corrected chi connectivity index (χ4v) is 0.954. The van der Waals surface area contributed by atoms with Crippen LogP contribution in [0.4, 0.5) is 0 Å². The van der Waals surface area contributed by atoms with Gasteiger partial charge in [-0.1, -0.05) is 38.7 Å². The topological polar surface area (TPSA) is 37.3 Å². The van der Waals surface area contributed by atoms with E-state index in [1.165, 1.54) is 12.2 Å². The minimum Gasteiger partial charge on any atom is -0.478 e. The lowest BCUT2D eigenvalue weighted by Gasteiger charge is -2.02. The fraction of sp³-hybridized carbons (Fsp3) is 0.300. The van der Waals surface area contributed by atoms with E-state index < -0.39 is 5.97 Å². The van der Waals surface area contributed by atoms with Crippen molar-refractivity contribution in [3.63, 3.8) is 0 Å². The Morgan fingerprint density at radius 1 is 1.42 bits per heavy atom. The molecule has 0 spiro atoms. The maximum Gasteiger partial charge on any atom is 0.332 e. The molecule has 2 heteroatoms. The summed E-state index contributed by atoms with van der Waals surface area (Å²) in [5.74, 6) is -0.883. The van der Waals surface area contributed by atoms with Crippen molar-refractivity contribution in [3.05, 3.63) is 36.5 Å². The first kappa shape index (κ1) is 10.7. The summed E-state index contributed by atoms with van der Waals surface area (Å²) in [6.07, 6.45) is 4.41. The number of carbonyl (C=O) groups is 1. The molecule has 0 saturated carbocycles. The van der Waals surface area contributed by atoms with Crippen LogP contribution in [-0.4, -0.2) is 11.1 Å². The summed E-state index contributed by atoms with van der Waals surface area (Å²) in [4.78, 5) is 10.7. The molecule has 0 fully saturated rings. The molecular weight excluding hydrogens is 152 g/mol. The summed E-state index contributed by atoms with van der Waals surface area (Å²) in [6, 6.07) is 0. The summed E-state index contributed by atoms with van der Waals surface area (Å²) in [5, 5.41) is 8.78. The van der Waals surface area contributed by atoms with E-state index >= 15 is 0 Å². The van der Waals surface area contributed by atoms with Crippen LogP contribution in [-0.2, 0) is 4.79 Å². The van der Waals surface area contributed by atoms with Gasteiger partial charge in [-0.25, -0.2) is 4.79 Å². The van der Waals surface area contributed by atoms with Crippen LogP contribution in [0.15, 0.2) is 36.5 Å². The van der Waals surface area contributed by atoms with E-state index in [-0.39, 0.29) is 0 Å². The monoisotopic (exact) mass is 166 g/mol. The number of hydrogen-bond acceptors (Lipinski definition) is 1. The lowest BCUT2D eigenvalue weighted by Crippen LogP contribution is -2.02. The molecule has 0 radical (unpaired) electrons. The van der Waals surface area contributed by atoms with Crippen LogP contribution in [0, 0.1) is 0 Å². The normalized spacial score (nSPS) is 8.75. The van der Waals surface area contributed by atoms with Gasteiger partial charge >= 0.3 is 5.97 Å². The minimum absolute atomic E-state index is 0.391. The van der Waals surface area contributed by atoms with Crippen molar-refractivity contribution >= 4 is 5.97 Å². The van der Waals surface area contributed by atoms with Gasteiger partial charge < -0.3 is 5.11 Å². The first-order valence-electron chi connectivity index (χ1n) is 3.88. The van der Waals surface area contributed by atoms with Crippen LogP contribution < -0.4 is 0 Å². The second-order valence-corrected chi connectivity index (χ2v) is 2.40. The number of rotatable bonds is 5. The molecule has 12 heavy (non-hydrogen) atoms. The molecule has 0 rings (SSSR count). The number of hydrogen-bond donors (Lipinski definition) is 1. The van der Waals surface area contributed by atoms with Crippen molar-refractivity contribution in [2.45, 2.75) is 19.8 Å². The van der Waals surface area contributed by atoms with Crippen LogP contribution >= 0.6 is 0 Å². The van der Waals surface area contributed by atoms with E-state index in [0.29, 0.717) is 17.6 Å². The zero-order valence-corrected chi connectivity index (χ0v) is 7.34. The number of allylic oxidation sites excluding steroid dienone is 3. The molecule has 0 aromatic heterocycles. The van der Waals surface area contributed by atoms with Gasteiger partial charge in [0.25, 0.3) is 0 Å². The standard InChI is InChI=1S/C10H14O2/c1-4-7-9(10(11)12)8(5-2)6-3/h5-6H,2-4,7H2,1H3,(H,11,12). The Labute approximate surface area is 72.9 Å². The molecule has 0 unspecified atom stereocenters. The highest BCUT2D eigenvalue weighted by Gasteiger charge is 2.08. The van der Waals surface area contributed by atoms with Crippen molar-refractivity contribution in [1.82, 2.24) is 0 Å². The average Bonchev–Trinajstić information content (AvgIpc) is 2.05. The predicted molar refractivity (Wildman–Crippen MR) is 50.0 cm³/mol. The highest BCUT2D eigenvalue weighted by molar-refractivity contribution is 5.88. The molecule has 0 aromatic carbocycles. The van der Waals surface area contributed by atoms with Crippen LogP contribution in [0.25, 0.3) is 0 Å². The van der Waals surface area contributed by atoms with Crippen LogP contribution in [0.5, 0.6) is 0 Å². The third-order valence-corrected chi connectivity index (χ3v) is 1.55. The summed E-state index contributed by atoms with van der Waals surface area (Å²) in [5.41, 5.74) is 1.01. The number of carboxylic acid groups (broad SMARTS) is 1. The predicted octanol–water partition coefficient (Wildman–Crippen LogP) is 2.54. The highest BCUT2D eigenvalue weighted by Crippen LogP contribution is 2.13. The molecule has 1 N–H and O–H groups in total. The first-order chi connectivity index (χ1) is 5.67. The lowest BCUT2D eigenvalue weighted by molar-refractivity contribution is -0.132. The van der Waals surface area contributed by atoms with E-state index in [9.17, 15) is 4.79 Å². The molecule has 0 bridgehead atoms. The van der Waals surface area contributed by atoms with Gasteiger partial charge in [-0.15, -0.1) is 0 Å². The Morgan fingerprint density at radius 3 is 2.17 bits per heavy atom. The van der Waals surface area contributed by atoms with Crippen LogP contribution in [0.3, 0.4) is 0 Å². The highest BCUT2D eigenvalue weighted by atomic mass is 16.4. The quantitative estimate of drug-likeness (QED) is 0.503. The number of aliphatic carboxylic acids is 1. The minimum atomic E-state index is -0.883. The zero-order chi connectivity index (χ0) is 9.56. The van der Waals surface area contributed by atoms with Crippen molar-refractivity contribution in [2.75, 3.05) is 0 Å². The van der Waals surface area contributed by atoms with Gasteiger partial charge in [0.15, 0.2) is 0 Å². The molecule has 0 atom stereocenters. The van der Waals surface area contributed by atoms with Crippen molar-refractivity contribution in [2.24, 2.45) is 0 Å². The Morgan fingerprint density at radius 2 is 1.92 bits per heavy atom. The summed E-state index contributed by atoms with van der Waals surface area (Å²) >= 11 is 0. The molecule has 0 aromatic rings. The van der Waals surface area contributed by atoms with Crippen LogP contribution in [0.1, 0.15) is 19.8 Å². The zero-order valence-electron chi connectivity index (χ0n) is 7.34. The average molecular weight is 166 g/mol. The third kappa shape index (κ3) is 2.74. The van der Waals surface area contributed by atoms with Gasteiger partial charge in [-0.3, -0.25) is 0 Å². The van der Waals surface area contributed by atoms with Gasteiger partial charge in [0.05, 0.1) is 0 Å². The second-order valence-electron chi connectivity index (χ2n) is 2.40. The second kappa shape index (κ2) is 5.35. The van der Waals surface area contributed by atoms with E-state index in [0.717, 1.165) is 6.42 Å². The molecule has 0 saturated heterocycles. The van der Waals surface area contributed by atoms with E-state index in [1.54, 1.807) is 0 Å². The molecular formula is C10H14O2. The summed E-state index contributed by atoms with van der Waals surface area (Å²) < 4.78 is 0. The maximum absolute atomic E-state index is 10.7. The smallest absolute Gasteiger partial charge is 0.332 e. The molecule has 0 aliphatic heterocycles.